The number of thiocarbonyl (C=S) groups is 1. The second kappa shape index (κ2) is 6.10. The Bertz CT molecular complexity index is 500. The van der Waals surface area contributed by atoms with E-state index >= 15 is 0 Å². The van der Waals surface area contributed by atoms with Crippen LogP contribution in [0.2, 0.25) is 0 Å². The number of hydrogen-bond donors (Lipinski definition) is 2. The molecular formula is C16H25N3S. The number of unbranched alkanes of at least 4 members (excludes halogenated alkanes) is 1. The maximum absolute atomic E-state index is 5.52. The smallest absolute Gasteiger partial charge is 0.189 e. The molecule has 1 aromatic carbocycles. The minimum Gasteiger partial charge on any atom is -0.342 e. The lowest BCUT2D eigenvalue weighted by Crippen LogP contribution is -2.50. The molecule has 2 N–H and O–H groups in total. The first-order chi connectivity index (χ1) is 9.51. The SMILES string of the molecule is CCCC[C@@]1(CC)NC(=S)N(c2ccc(C)c(C)c2)N1. The van der Waals surface area contributed by atoms with Gasteiger partial charge < -0.3 is 5.32 Å². The van der Waals surface area contributed by atoms with Gasteiger partial charge in [-0.15, -0.1) is 0 Å². The van der Waals surface area contributed by atoms with Crippen LogP contribution in [0.1, 0.15) is 50.7 Å². The van der Waals surface area contributed by atoms with Crippen molar-refractivity contribution >= 4 is 23.0 Å². The highest BCUT2D eigenvalue weighted by Gasteiger charge is 2.38. The highest BCUT2D eigenvalue weighted by atomic mass is 32.1. The van der Waals surface area contributed by atoms with Gasteiger partial charge in [0.1, 0.15) is 5.66 Å². The number of aryl methyl sites for hydroxylation is 2. The van der Waals surface area contributed by atoms with Crippen LogP contribution in [0.5, 0.6) is 0 Å². The topological polar surface area (TPSA) is 27.3 Å². The Morgan fingerprint density at radius 1 is 1.20 bits per heavy atom. The van der Waals surface area contributed by atoms with Gasteiger partial charge >= 0.3 is 0 Å². The Labute approximate surface area is 127 Å². The number of hydrazine groups is 1. The lowest BCUT2D eigenvalue weighted by molar-refractivity contribution is 0.294. The van der Waals surface area contributed by atoms with Crippen LogP contribution in [0.4, 0.5) is 5.69 Å². The minimum atomic E-state index is -0.0914. The average Bonchev–Trinajstić information content (AvgIpc) is 2.77. The summed E-state index contributed by atoms with van der Waals surface area (Å²) in [5.41, 5.74) is 7.19. The van der Waals surface area contributed by atoms with E-state index in [2.05, 4.69) is 56.6 Å². The molecule has 1 aliphatic rings. The summed E-state index contributed by atoms with van der Waals surface area (Å²) in [6.45, 7) is 8.68. The van der Waals surface area contributed by atoms with Crippen LogP contribution in [-0.4, -0.2) is 10.8 Å². The molecule has 2 rings (SSSR count). The number of nitrogens with one attached hydrogen (secondary N) is 2. The first kappa shape index (κ1) is 15.3. The van der Waals surface area contributed by atoms with E-state index in [0.29, 0.717) is 0 Å². The summed E-state index contributed by atoms with van der Waals surface area (Å²) in [5, 5.41) is 6.27. The number of benzene rings is 1. The molecular weight excluding hydrogens is 266 g/mol. The van der Waals surface area contributed by atoms with Gasteiger partial charge in [-0.25, -0.2) is 5.43 Å². The van der Waals surface area contributed by atoms with Gasteiger partial charge in [-0.1, -0.05) is 26.3 Å². The second-order valence-electron chi connectivity index (χ2n) is 5.69. The zero-order valence-corrected chi connectivity index (χ0v) is 13.7. The maximum atomic E-state index is 5.52. The van der Waals surface area contributed by atoms with Crippen molar-refractivity contribution in [2.45, 2.75) is 59.0 Å². The standard InChI is InChI=1S/C16H25N3S/c1-5-7-10-16(6-2)17-15(20)19(18-16)14-9-8-12(3)13(4)11-14/h8-9,11,18H,5-7,10H2,1-4H3,(H,17,20)/t16-/m0/s1. The number of hydrogen-bond acceptors (Lipinski definition) is 2. The summed E-state index contributed by atoms with van der Waals surface area (Å²) >= 11 is 5.52. The summed E-state index contributed by atoms with van der Waals surface area (Å²) in [4.78, 5) is 0. The van der Waals surface area contributed by atoms with Crippen LogP contribution in [0.25, 0.3) is 0 Å². The zero-order valence-electron chi connectivity index (χ0n) is 12.9. The van der Waals surface area contributed by atoms with E-state index in [0.717, 1.165) is 23.6 Å². The summed E-state index contributed by atoms with van der Waals surface area (Å²) < 4.78 is 0. The van der Waals surface area contributed by atoms with E-state index < -0.39 is 0 Å². The third kappa shape index (κ3) is 2.96. The second-order valence-corrected chi connectivity index (χ2v) is 6.07. The van der Waals surface area contributed by atoms with Crippen molar-refractivity contribution in [2.24, 2.45) is 0 Å². The normalized spacial score (nSPS) is 22.2. The fraction of sp³-hybridized carbons (Fsp3) is 0.562. The van der Waals surface area contributed by atoms with Crippen molar-refractivity contribution in [3.8, 4) is 0 Å². The largest absolute Gasteiger partial charge is 0.342 e. The molecule has 0 saturated carbocycles. The lowest BCUT2D eigenvalue weighted by Gasteiger charge is -2.28. The van der Waals surface area contributed by atoms with Crippen LogP contribution >= 0.6 is 12.2 Å². The van der Waals surface area contributed by atoms with E-state index in [9.17, 15) is 0 Å². The van der Waals surface area contributed by atoms with Gasteiger partial charge in [-0.05, 0) is 68.6 Å². The lowest BCUT2D eigenvalue weighted by atomic mass is 10.0. The first-order valence-corrected chi connectivity index (χ1v) is 7.89. The quantitative estimate of drug-likeness (QED) is 0.807. The van der Waals surface area contributed by atoms with Crippen LogP contribution in [0, 0.1) is 13.8 Å². The van der Waals surface area contributed by atoms with Crippen LogP contribution in [0.3, 0.4) is 0 Å². The van der Waals surface area contributed by atoms with E-state index in [1.807, 2.05) is 5.01 Å². The number of nitrogens with zero attached hydrogens (tertiary/aromatic N) is 1. The van der Waals surface area contributed by atoms with E-state index in [1.165, 1.54) is 24.0 Å². The summed E-state index contributed by atoms with van der Waals surface area (Å²) in [5.74, 6) is 0. The molecule has 0 radical (unpaired) electrons. The van der Waals surface area contributed by atoms with Crippen LogP contribution in [0.15, 0.2) is 18.2 Å². The van der Waals surface area contributed by atoms with Gasteiger partial charge in [0.05, 0.1) is 5.69 Å². The minimum absolute atomic E-state index is 0.0914. The summed E-state index contributed by atoms with van der Waals surface area (Å²) in [6, 6.07) is 6.45. The van der Waals surface area contributed by atoms with E-state index in [-0.39, 0.29) is 5.66 Å². The Kier molecular flexibility index (Phi) is 4.66. The van der Waals surface area contributed by atoms with Gasteiger partial charge in [0.2, 0.25) is 0 Å². The van der Waals surface area contributed by atoms with E-state index in [4.69, 9.17) is 12.2 Å². The molecule has 0 amide bonds. The van der Waals surface area contributed by atoms with Crippen molar-refractivity contribution in [1.29, 1.82) is 0 Å². The molecule has 110 valence electrons. The molecule has 1 fully saturated rings. The fourth-order valence-corrected chi connectivity index (χ4v) is 2.89. The molecule has 4 heteroatoms. The molecule has 20 heavy (non-hydrogen) atoms. The van der Waals surface area contributed by atoms with Crippen molar-refractivity contribution < 1.29 is 0 Å². The average molecular weight is 291 g/mol. The van der Waals surface area contributed by atoms with Gasteiger partial charge in [0, 0.05) is 0 Å². The molecule has 1 heterocycles. The summed E-state index contributed by atoms with van der Waals surface area (Å²) in [7, 11) is 0. The van der Waals surface area contributed by atoms with Crippen LogP contribution in [-0.2, 0) is 0 Å². The molecule has 1 atom stereocenters. The van der Waals surface area contributed by atoms with Gasteiger partial charge in [-0.3, -0.25) is 5.01 Å². The maximum Gasteiger partial charge on any atom is 0.189 e. The summed E-state index contributed by atoms with van der Waals surface area (Å²) in [6.07, 6.45) is 4.48. The zero-order chi connectivity index (χ0) is 14.8. The molecule has 3 nitrogen and oxygen atoms in total. The predicted molar refractivity (Wildman–Crippen MR) is 89.8 cm³/mol. The number of rotatable bonds is 5. The Morgan fingerprint density at radius 3 is 2.55 bits per heavy atom. The van der Waals surface area contributed by atoms with Crippen LogP contribution < -0.4 is 15.8 Å². The third-order valence-electron chi connectivity index (χ3n) is 4.18. The highest BCUT2D eigenvalue weighted by Crippen LogP contribution is 2.26. The fourth-order valence-electron chi connectivity index (χ4n) is 2.54. The molecule has 0 spiro atoms. The van der Waals surface area contributed by atoms with Gasteiger partial charge in [0.15, 0.2) is 5.11 Å². The Hall–Kier alpha value is -1.13. The number of anilines is 1. The molecule has 1 saturated heterocycles. The van der Waals surface area contributed by atoms with Gasteiger partial charge in [-0.2, -0.15) is 0 Å². The van der Waals surface area contributed by atoms with Crippen molar-refractivity contribution in [1.82, 2.24) is 10.7 Å². The molecule has 1 aromatic rings. The molecule has 0 aromatic heterocycles. The van der Waals surface area contributed by atoms with Crippen molar-refractivity contribution in [2.75, 3.05) is 5.01 Å². The highest BCUT2D eigenvalue weighted by molar-refractivity contribution is 7.80. The van der Waals surface area contributed by atoms with Crippen molar-refractivity contribution in [3.63, 3.8) is 0 Å². The van der Waals surface area contributed by atoms with E-state index in [1.54, 1.807) is 0 Å². The molecule has 0 unspecified atom stereocenters. The molecule has 0 bridgehead atoms. The predicted octanol–water partition coefficient (Wildman–Crippen LogP) is 3.80. The third-order valence-corrected chi connectivity index (χ3v) is 4.47. The van der Waals surface area contributed by atoms with Gasteiger partial charge in [0.25, 0.3) is 0 Å². The molecule has 1 aliphatic heterocycles. The Balaban J connectivity index is 2.21. The Morgan fingerprint density at radius 2 is 1.95 bits per heavy atom. The van der Waals surface area contributed by atoms with Crippen molar-refractivity contribution in [3.05, 3.63) is 29.3 Å². The monoisotopic (exact) mass is 291 g/mol. The molecule has 0 aliphatic carbocycles. The first-order valence-electron chi connectivity index (χ1n) is 7.48.